The third kappa shape index (κ3) is 5.58. The number of amides is 1. The van der Waals surface area contributed by atoms with Crippen molar-refractivity contribution in [1.29, 1.82) is 0 Å². The fraction of sp³-hybridized carbons (Fsp3) is 0.360. The molecule has 0 radical (unpaired) electrons. The second kappa shape index (κ2) is 10.9. The molecule has 0 aromatic heterocycles. The van der Waals surface area contributed by atoms with Gasteiger partial charge in [-0.3, -0.25) is 9.69 Å². The van der Waals surface area contributed by atoms with Crippen molar-refractivity contribution in [2.24, 2.45) is 4.99 Å². The second-order valence-electron chi connectivity index (χ2n) is 7.79. The molecule has 0 atom stereocenters. The quantitative estimate of drug-likeness (QED) is 0.572. The van der Waals surface area contributed by atoms with Gasteiger partial charge >= 0.3 is 0 Å². The third-order valence-electron chi connectivity index (χ3n) is 5.62. The Balaban J connectivity index is 1.59. The average Bonchev–Trinajstić information content (AvgIpc) is 3.13. The molecule has 2 heterocycles. The van der Waals surface area contributed by atoms with Crippen LogP contribution < -0.4 is 9.64 Å². The lowest BCUT2D eigenvalue weighted by atomic mass is 10.1. The number of methoxy groups -OCH3 is 2. The van der Waals surface area contributed by atoms with E-state index in [-0.39, 0.29) is 5.91 Å². The van der Waals surface area contributed by atoms with Crippen molar-refractivity contribution in [3.63, 3.8) is 0 Å². The van der Waals surface area contributed by atoms with Crippen molar-refractivity contribution >= 4 is 40.3 Å². The van der Waals surface area contributed by atoms with Crippen LogP contribution in [0.2, 0.25) is 0 Å². The van der Waals surface area contributed by atoms with Crippen LogP contribution in [0.1, 0.15) is 11.1 Å². The third-order valence-corrected chi connectivity index (χ3v) is 6.63. The molecule has 2 aromatic carbocycles. The minimum absolute atomic E-state index is 0.0547. The van der Waals surface area contributed by atoms with Crippen LogP contribution in [0.4, 0.5) is 11.4 Å². The Morgan fingerprint density at radius 2 is 1.88 bits per heavy atom. The molecule has 7 nitrogen and oxygen atoms in total. The van der Waals surface area contributed by atoms with Gasteiger partial charge in [0.25, 0.3) is 5.91 Å². The Morgan fingerprint density at radius 1 is 1.12 bits per heavy atom. The zero-order valence-electron chi connectivity index (χ0n) is 19.2. The number of ether oxygens (including phenoxy) is 3. The van der Waals surface area contributed by atoms with Gasteiger partial charge in [-0.15, -0.1) is 0 Å². The molecule has 174 valence electrons. The molecule has 1 amide bonds. The molecule has 33 heavy (non-hydrogen) atoms. The van der Waals surface area contributed by atoms with Crippen molar-refractivity contribution in [2.45, 2.75) is 6.92 Å². The first kappa shape index (κ1) is 23.4. The number of hydrogen-bond donors (Lipinski definition) is 0. The number of amidine groups is 1. The number of aryl methyl sites for hydroxylation is 1. The summed E-state index contributed by atoms with van der Waals surface area (Å²) in [6.45, 7) is 6.27. The Labute approximate surface area is 199 Å². The van der Waals surface area contributed by atoms with E-state index in [2.05, 4.69) is 30.0 Å². The van der Waals surface area contributed by atoms with E-state index in [9.17, 15) is 4.79 Å². The monoisotopic (exact) mass is 467 g/mol. The maximum absolute atomic E-state index is 13.2. The standard InChI is InChI=1S/C25H29N3O4S/c1-18-16-21(27-10-14-32-15-11-27)7-4-19(18)17-23-24(29)28(12-13-30-2)25(33-23)26-20-5-8-22(31-3)9-6-20/h4-9,16-17H,10-15H2,1-3H3/b23-17+,26-25?. The van der Waals surface area contributed by atoms with Crippen LogP contribution in [-0.4, -0.2) is 69.6 Å². The highest BCUT2D eigenvalue weighted by Gasteiger charge is 2.33. The fourth-order valence-electron chi connectivity index (χ4n) is 3.72. The zero-order chi connectivity index (χ0) is 23.2. The van der Waals surface area contributed by atoms with E-state index in [0.29, 0.717) is 23.2 Å². The molecule has 8 heteroatoms. The summed E-state index contributed by atoms with van der Waals surface area (Å²) >= 11 is 1.39. The number of benzene rings is 2. The Kier molecular flexibility index (Phi) is 7.69. The van der Waals surface area contributed by atoms with Gasteiger partial charge in [-0.25, -0.2) is 4.99 Å². The van der Waals surface area contributed by atoms with Gasteiger partial charge in [0, 0.05) is 25.9 Å². The number of carbonyl (C=O) groups is 1. The van der Waals surface area contributed by atoms with E-state index in [0.717, 1.165) is 48.9 Å². The predicted octanol–water partition coefficient (Wildman–Crippen LogP) is 4.09. The summed E-state index contributed by atoms with van der Waals surface area (Å²) in [6.07, 6.45) is 1.96. The molecular formula is C25H29N3O4S. The molecule has 0 spiro atoms. The van der Waals surface area contributed by atoms with Gasteiger partial charge < -0.3 is 19.1 Å². The summed E-state index contributed by atoms with van der Waals surface area (Å²) in [5.74, 6) is 0.711. The van der Waals surface area contributed by atoms with E-state index in [4.69, 9.17) is 19.2 Å². The summed E-state index contributed by atoms with van der Waals surface area (Å²) in [7, 11) is 3.26. The molecule has 0 N–H and O–H groups in total. The summed E-state index contributed by atoms with van der Waals surface area (Å²) in [4.78, 5) is 22.6. The molecule has 0 unspecified atom stereocenters. The number of thioether (sulfide) groups is 1. The topological polar surface area (TPSA) is 63.6 Å². The fourth-order valence-corrected chi connectivity index (χ4v) is 4.74. The maximum atomic E-state index is 13.2. The molecule has 2 aliphatic heterocycles. The minimum atomic E-state index is -0.0547. The number of carbonyl (C=O) groups excluding carboxylic acids is 1. The van der Waals surface area contributed by atoms with Crippen molar-refractivity contribution < 1.29 is 19.0 Å². The van der Waals surface area contributed by atoms with Crippen LogP contribution in [0, 0.1) is 6.92 Å². The van der Waals surface area contributed by atoms with Crippen LogP contribution >= 0.6 is 11.8 Å². The summed E-state index contributed by atoms with van der Waals surface area (Å²) in [5.41, 5.74) is 4.11. The lowest BCUT2D eigenvalue weighted by Crippen LogP contribution is -2.36. The van der Waals surface area contributed by atoms with Crippen LogP contribution in [0.3, 0.4) is 0 Å². The van der Waals surface area contributed by atoms with E-state index in [1.54, 1.807) is 19.1 Å². The summed E-state index contributed by atoms with van der Waals surface area (Å²) in [5, 5.41) is 0.649. The molecule has 2 saturated heterocycles. The number of nitrogens with zero attached hydrogens (tertiary/aromatic N) is 3. The smallest absolute Gasteiger partial charge is 0.266 e. The number of rotatable bonds is 7. The molecule has 2 fully saturated rings. The van der Waals surface area contributed by atoms with Crippen LogP contribution in [-0.2, 0) is 14.3 Å². The molecule has 4 rings (SSSR count). The predicted molar refractivity (Wildman–Crippen MR) is 133 cm³/mol. The Bertz CT molecular complexity index is 1050. The number of aliphatic imine (C=N–C) groups is 1. The molecular weight excluding hydrogens is 438 g/mol. The van der Waals surface area contributed by atoms with E-state index in [1.807, 2.05) is 30.3 Å². The first-order valence-corrected chi connectivity index (χ1v) is 11.8. The molecule has 0 saturated carbocycles. The van der Waals surface area contributed by atoms with Crippen LogP contribution in [0.15, 0.2) is 52.4 Å². The zero-order valence-corrected chi connectivity index (χ0v) is 20.1. The lowest BCUT2D eigenvalue weighted by molar-refractivity contribution is -0.122. The van der Waals surface area contributed by atoms with Crippen molar-refractivity contribution in [1.82, 2.24) is 4.90 Å². The minimum Gasteiger partial charge on any atom is -0.497 e. The van der Waals surface area contributed by atoms with Gasteiger partial charge in [-0.1, -0.05) is 6.07 Å². The van der Waals surface area contributed by atoms with Crippen molar-refractivity contribution in [3.05, 3.63) is 58.5 Å². The van der Waals surface area contributed by atoms with Gasteiger partial charge in [0.15, 0.2) is 5.17 Å². The highest BCUT2D eigenvalue weighted by atomic mass is 32.2. The van der Waals surface area contributed by atoms with Crippen molar-refractivity contribution in [2.75, 3.05) is 58.6 Å². The molecule has 0 aliphatic carbocycles. The number of morpholine rings is 1. The maximum Gasteiger partial charge on any atom is 0.266 e. The largest absolute Gasteiger partial charge is 0.497 e. The van der Waals surface area contributed by atoms with Gasteiger partial charge in [0.2, 0.25) is 0 Å². The highest BCUT2D eigenvalue weighted by molar-refractivity contribution is 8.18. The van der Waals surface area contributed by atoms with Crippen molar-refractivity contribution in [3.8, 4) is 5.75 Å². The SMILES string of the molecule is COCCN1C(=O)/C(=C\c2ccc(N3CCOCC3)cc2C)SC1=Nc1ccc(OC)cc1. The number of anilines is 1. The first-order valence-electron chi connectivity index (χ1n) is 11.0. The van der Waals surface area contributed by atoms with Crippen LogP contribution in [0.25, 0.3) is 6.08 Å². The van der Waals surface area contributed by atoms with E-state index in [1.165, 1.54) is 17.4 Å². The Hall–Kier alpha value is -2.81. The lowest BCUT2D eigenvalue weighted by Gasteiger charge is -2.29. The average molecular weight is 468 g/mol. The van der Waals surface area contributed by atoms with Gasteiger partial charge in [0.1, 0.15) is 5.75 Å². The summed E-state index contributed by atoms with van der Waals surface area (Å²) in [6, 6.07) is 13.8. The number of hydrogen-bond acceptors (Lipinski definition) is 7. The normalized spacial score (nSPS) is 19.1. The molecule has 2 aromatic rings. The molecule has 2 aliphatic rings. The highest BCUT2D eigenvalue weighted by Crippen LogP contribution is 2.35. The summed E-state index contributed by atoms with van der Waals surface area (Å²) < 4.78 is 15.9. The van der Waals surface area contributed by atoms with Gasteiger partial charge in [0.05, 0.1) is 44.1 Å². The van der Waals surface area contributed by atoms with Gasteiger partial charge in [-0.2, -0.15) is 0 Å². The Morgan fingerprint density at radius 3 is 2.55 bits per heavy atom. The van der Waals surface area contributed by atoms with E-state index >= 15 is 0 Å². The molecule has 0 bridgehead atoms. The van der Waals surface area contributed by atoms with Gasteiger partial charge in [-0.05, 0) is 72.3 Å². The second-order valence-corrected chi connectivity index (χ2v) is 8.80. The first-order chi connectivity index (χ1) is 16.1. The van der Waals surface area contributed by atoms with E-state index < -0.39 is 0 Å². The van der Waals surface area contributed by atoms with Crippen LogP contribution in [0.5, 0.6) is 5.75 Å².